The summed E-state index contributed by atoms with van der Waals surface area (Å²) in [6.45, 7) is 0. The zero-order valence-electron chi connectivity index (χ0n) is 17.4. The molecule has 0 radical (unpaired) electrons. The number of fused-ring (bicyclic) bond motifs is 1. The Hall–Kier alpha value is -4.81. The van der Waals surface area contributed by atoms with Crippen molar-refractivity contribution in [1.82, 2.24) is 9.55 Å². The van der Waals surface area contributed by atoms with Crippen LogP contribution < -0.4 is 5.63 Å². The van der Waals surface area contributed by atoms with Crippen LogP contribution in [0.15, 0.2) is 87.5 Å². The molecular formula is C25H14N4O4S. The maximum absolute atomic E-state index is 12.5. The molecule has 34 heavy (non-hydrogen) atoms. The number of thiazole rings is 1. The van der Waals surface area contributed by atoms with Crippen LogP contribution in [0.25, 0.3) is 39.6 Å². The highest BCUT2D eigenvalue weighted by Crippen LogP contribution is 2.28. The number of nitriles is 1. The average Bonchev–Trinajstić information content (AvgIpc) is 3.52. The van der Waals surface area contributed by atoms with Crippen molar-refractivity contribution in [3.05, 3.63) is 110 Å². The third kappa shape index (κ3) is 3.90. The lowest BCUT2D eigenvalue weighted by Gasteiger charge is -2.06. The predicted molar refractivity (Wildman–Crippen MR) is 129 cm³/mol. The van der Waals surface area contributed by atoms with Crippen molar-refractivity contribution in [2.75, 3.05) is 0 Å². The van der Waals surface area contributed by atoms with Crippen LogP contribution in [0.3, 0.4) is 0 Å². The number of nitrogens with zero attached hydrogens (tertiary/aromatic N) is 4. The van der Waals surface area contributed by atoms with Crippen molar-refractivity contribution in [3.8, 4) is 23.0 Å². The number of aromatic nitrogens is 2. The third-order valence-electron chi connectivity index (χ3n) is 5.18. The molecule has 3 heterocycles. The van der Waals surface area contributed by atoms with E-state index in [4.69, 9.17) is 4.42 Å². The van der Waals surface area contributed by atoms with Crippen LogP contribution in [0.5, 0.6) is 0 Å². The quantitative estimate of drug-likeness (QED) is 0.142. The zero-order chi connectivity index (χ0) is 23.7. The summed E-state index contributed by atoms with van der Waals surface area (Å²) in [7, 11) is 0. The molecule has 2 aromatic carbocycles. The van der Waals surface area contributed by atoms with Gasteiger partial charge in [0.25, 0.3) is 5.69 Å². The highest BCUT2D eigenvalue weighted by atomic mass is 32.1. The van der Waals surface area contributed by atoms with Gasteiger partial charge >= 0.3 is 5.63 Å². The van der Waals surface area contributed by atoms with Crippen LogP contribution >= 0.6 is 11.3 Å². The van der Waals surface area contributed by atoms with Gasteiger partial charge in [-0.3, -0.25) is 10.1 Å². The second-order valence-corrected chi connectivity index (χ2v) is 8.13. The minimum atomic E-state index is -0.495. The maximum Gasteiger partial charge on any atom is 0.345 e. The molecule has 0 aliphatic carbocycles. The van der Waals surface area contributed by atoms with Crippen LogP contribution in [0.2, 0.25) is 0 Å². The van der Waals surface area contributed by atoms with Crippen LogP contribution in [-0.4, -0.2) is 14.5 Å². The first kappa shape index (κ1) is 21.1. The summed E-state index contributed by atoms with van der Waals surface area (Å²) in [5.74, 6) is 0. The lowest BCUT2D eigenvalue weighted by molar-refractivity contribution is -0.384. The molecule has 0 saturated carbocycles. The molecule has 3 aromatic heterocycles. The first-order chi connectivity index (χ1) is 16.5. The number of hydrogen-bond donors (Lipinski definition) is 0. The highest BCUT2D eigenvalue weighted by molar-refractivity contribution is 7.11. The summed E-state index contributed by atoms with van der Waals surface area (Å²) in [6, 6.07) is 20.9. The molecule has 0 fully saturated rings. The average molecular weight is 466 g/mol. The summed E-state index contributed by atoms with van der Waals surface area (Å²) < 4.78 is 7.21. The molecule has 0 unspecified atom stereocenters. The SMILES string of the molecule is N#CC(=Cc1cccn1-c1ccc([N+](=O)[O-])cc1)c1nc(-c2cc3ccccc3oc2=O)cs1. The van der Waals surface area contributed by atoms with E-state index >= 15 is 0 Å². The number of para-hydroxylation sites is 1. The van der Waals surface area contributed by atoms with E-state index in [-0.39, 0.29) is 5.69 Å². The van der Waals surface area contributed by atoms with Gasteiger partial charge in [-0.25, -0.2) is 9.78 Å². The van der Waals surface area contributed by atoms with E-state index in [0.717, 1.165) is 5.39 Å². The van der Waals surface area contributed by atoms with Gasteiger partial charge < -0.3 is 8.98 Å². The van der Waals surface area contributed by atoms with Crippen molar-refractivity contribution in [1.29, 1.82) is 5.26 Å². The minimum Gasteiger partial charge on any atom is -0.422 e. The molecule has 8 nitrogen and oxygen atoms in total. The molecular weight excluding hydrogens is 452 g/mol. The summed E-state index contributed by atoms with van der Waals surface area (Å²) in [4.78, 5) is 27.5. The van der Waals surface area contributed by atoms with Gasteiger partial charge in [-0.2, -0.15) is 5.26 Å². The van der Waals surface area contributed by atoms with Crippen LogP contribution in [-0.2, 0) is 0 Å². The lowest BCUT2D eigenvalue weighted by Crippen LogP contribution is -2.02. The fraction of sp³-hybridized carbons (Fsp3) is 0. The molecule has 164 valence electrons. The van der Waals surface area contributed by atoms with E-state index in [1.807, 2.05) is 28.8 Å². The first-order valence-corrected chi connectivity index (χ1v) is 10.9. The van der Waals surface area contributed by atoms with Crippen molar-refractivity contribution in [3.63, 3.8) is 0 Å². The van der Waals surface area contributed by atoms with Crippen molar-refractivity contribution < 1.29 is 9.34 Å². The number of nitro groups is 1. The molecule has 0 aliphatic heterocycles. The molecule has 9 heteroatoms. The number of allylic oxidation sites excluding steroid dienone is 1. The highest BCUT2D eigenvalue weighted by Gasteiger charge is 2.15. The molecule has 0 amide bonds. The summed E-state index contributed by atoms with van der Waals surface area (Å²) in [5, 5.41) is 23.7. The molecule has 5 rings (SSSR count). The molecule has 0 saturated heterocycles. The van der Waals surface area contributed by atoms with E-state index in [9.17, 15) is 20.2 Å². The van der Waals surface area contributed by atoms with E-state index in [0.29, 0.717) is 38.8 Å². The van der Waals surface area contributed by atoms with Crippen LogP contribution in [0.4, 0.5) is 5.69 Å². The maximum atomic E-state index is 12.5. The van der Waals surface area contributed by atoms with E-state index in [2.05, 4.69) is 11.1 Å². The summed E-state index contributed by atoms with van der Waals surface area (Å²) >= 11 is 1.25. The van der Waals surface area contributed by atoms with Gasteiger partial charge in [-0.1, -0.05) is 18.2 Å². The molecule has 0 atom stereocenters. The van der Waals surface area contributed by atoms with E-state index in [1.165, 1.54) is 23.5 Å². The Morgan fingerprint density at radius 1 is 1.15 bits per heavy atom. The Bertz CT molecular complexity index is 1670. The van der Waals surface area contributed by atoms with E-state index < -0.39 is 10.5 Å². The van der Waals surface area contributed by atoms with Gasteiger partial charge in [0.1, 0.15) is 16.7 Å². The lowest BCUT2D eigenvalue weighted by atomic mass is 10.1. The molecule has 0 N–H and O–H groups in total. The number of benzene rings is 2. The van der Waals surface area contributed by atoms with Gasteiger partial charge in [-0.15, -0.1) is 11.3 Å². The standard InChI is InChI=1S/C25H14N4O4S/c26-14-17(12-20-5-3-11-28(20)18-7-9-19(10-8-18)29(31)32)24-27-22(15-34-24)21-13-16-4-1-2-6-23(16)33-25(21)30/h1-13,15H. The Balaban J connectivity index is 1.50. The van der Waals surface area contributed by atoms with Gasteiger partial charge in [0, 0.05) is 40.5 Å². The Morgan fingerprint density at radius 3 is 2.71 bits per heavy atom. The van der Waals surface area contributed by atoms with Crippen molar-refractivity contribution >= 4 is 39.6 Å². The van der Waals surface area contributed by atoms with Crippen molar-refractivity contribution in [2.24, 2.45) is 0 Å². The second kappa shape index (κ2) is 8.61. The summed E-state index contributed by atoms with van der Waals surface area (Å²) in [6.07, 6.45) is 3.49. The molecule has 0 bridgehead atoms. The summed E-state index contributed by atoms with van der Waals surface area (Å²) in [5.41, 5.74) is 2.50. The number of rotatable bonds is 5. The second-order valence-electron chi connectivity index (χ2n) is 7.27. The normalized spacial score (nSPS) is 11.4. The predicted octanol–water partition coefficient (Wildman–Crippen LogP) is 5.68. The topological polar surface area (TPSA) is 115 Å². The van der Waals surface area contributed by atoms with Crippen molar-refractivity contribution in [2.45, 2.75) is 0 Å². The number of hydrogen-bond acceptors (Lipinski definition) is 7. The largest absolute Gasteiger partial charge is 0.422 e. The van der Waals surface area contributed by atoms with Gasteiger partial charge in [0.05, 0.1) is 21.8 Å². The van der Waals surface area contributed by atoms with Crippen LogP contribution in [0, 0.1) is 21.4 Å². The van der Waals surface area contributed by atoms with Gasteiger partial charge in [0.2, 0.25) is 0 Å². The molecule has 0 spiro atoms. The van der Waals surface area contributed by atoms with Gasteiger partial charge in [0.15, 0.2) is 0 Å². The first-order valence-electron chi connectivity index (χ1n) is 10.1. The fourth-order valence-electron chi connectivity index (χ4n) is 3.53. The molecule has 5 aromatic rings. The monoisotopic (exact) mass is 466 g/mol. The molecule has 0 aliphatic rings. The van der Waals surface area contributed by atoms with E-state index in [1.54, 1.807) is 48.0 Å². The number of nitro benzene ring substituents is 1. The Kier molecular flexibility index (Phi) is 5.33. The third-order valence-corrected chi connectivity index (χ3v) is 6.06. The zero-order valence-corrected chi connectivity index (χ0v) is 18.2. The minimum absolute atomic E-state index is 0.000746. The Morgan fingerprint density at radius 2 is 1.94 bits per heavy atom. The van der Waals surface area contributed by atoms with Gasteiger partial charge in [-0.05, 0) is 42.5 Å². The Labute approximate surface area is 196 Å². The fourth-order valence-corrected chi connectivity index (χ4v) is 4.32. The smallest absolute Gasteiger partial charge is 0.345 e. The number of non-ortho nitro benzene ring substituents is 1. The van der Waals surface area contributed by atoms with Crippen LogP contribution in [0.1, 0.15) is 10.7 Å².